The zero-order valence-electron chi connectivity index (χ0n) is 16.8. The van der Waals surface area contributed by atoms with Gasteiger partial charge in [0.1, 0.15) is 0 Å². The third kappa shape index (κ3) is 5.19. The average molecular weight is 360 g/mol. The number of anilines is 3. The molecule has 3 nitrogen and oxygen atoms in total. The Morgan fingerprint density at radius 2 is 0.963 bits per heavy atom. The van der Waals surface area contributed by atoms with Gasteiger partial charge in [0.15, 0.2) is 0 Å². The summed E-state index contributed by atoms with van der Waals surface area (Å²) in [5, 5.41) is 0. The van der Waals surface area contributed by atoms with Crippen molar-refractivity contribution < 1.29 is 0 Å². The topological polar surface area (TPSA) is 9.72 Å². The summed E-state index contributed by atoms with van der Waals surface area (Å²) in [4.78, 5) is 6.73. The largest absolute Gasteiger partial charge is 0.310 e. The lowest BCUT2D eigenvalue weighted by Crippen LogP contribution is -2.14. The summed E-state index contributed by atoms with van der Waals surface area (Å²) >= 11 is 0. The van der Waals surface area contributed by atoms with Crippen LogP contribution >= 0.6 is 0 Å². The van der Waals surface area contributed by atoms with Crippen LogP contribution in [0.1, 0.15) is 11.1 Å². The predicted molar refractivity (Wildman–Crippen MR) is 116 cm³/mol. The van der Waals surface area contributed by atoms with Crippen LogP contribution in [0, 0.1) is 0 Å². The Hall–Kier alpha value is -2.62. The molecule has 0 unspecified atom stereocenters. The van der Waals surface area contributed by atoms with Gasteiger partial charge in [0, 0.05) is 30.2 Å². The molecule has 3 rings (SSSR count). The van der Waals surface area contributed by atoms with Crippen molar-refractivity contribution in [3.63, 3.8) is 0 Å². The molecule has 0 aliphatic heterocycles. The molecule has 0 aliphatic carbocycles. The first-order valence-corrected chi connectivity index (χ1v) is 9.35. The van der Waals surface area contributed by atoms with Crippen molar-refractivity contribution >= 4 is 17.1 Å². The fourth-order valence-corrected chi connectivity index (χ4v) is 3.34. The van der Waals surface area contributed by atoms with Crippen LogP contribution in [-0.2, 0) is 13.1 Å². The predicted octanol–water partition coefficient (Wildman–Crippen LogP) is 5.28. The van der Waals surface area contributed by atoms with Crippen LogP contribution in [0.5, 0.6) is 0 Å². The van der Waals surface area contributed by atoms with Gasteiger partial charge in [-0.15, -0.1) is 0 Å². The molecule has 140 valence electrons. The van der Waals surface area contributed by atoms with Crippen LogP contribution in [0.2, 0.25) is 0 Å². The van der Waals surface area contributed by atoms with Crippen molar-refractivity contribution in [2.45, 2.75) is 13.1 Å². The summed E-state index contributed by atoms with van der Waals surface area (Å²) in [7, 11) is 8.41. The van der Waals surface area contributed by atoms with Crippen molar-refractivity contribution in [3.8, 4) is 0 Å². The molecule has 0 spiro atoms. The van der Waals surface area contributed by atoms with Gasteiger partial charge in [-0.1, -0.05) is 42.5 Å². The van der Waals surface area contributed by atoms with E-state index >= 15 is 0 Å². The molecule has 0 heterocycles. The molecule has 0 fully saturated rings. The van der Waals surface area contributed by atoms with E-state index in [1.165, 1.54) is 28.2 Å². The van der Waals surface area contributed by atoms with Gasteiger partial charge in [-0.3, -0.25) is 0 Å². The fourth-order valence-electron chi connectivity index (χ4n) is 3.34. The third-order valence-corrected chi connectivity index (χ3v) is 4.35. The van der Waals surface area contributed by atoms with Crippen LogP contribution in [0.25, 0.3) is 0 Å². The molecule has 0 aromatic heterocycles. The maximum Gasteiger partial charge on any atom is 0.0464 e. The Labute approximate surface area is 163 Å². The molecule has 0 amide bonds. The van der Waals surface area contributed by atoms with Gasteiger partial charge in [0.05, 0.1) is 0 Å². The number of benzene rings is 3. The molecule has 3 aromatic carbocycles. The first-order valence-electron chi connectivity index (χ1n) is 9.35. The van der Waals surface area contributed by atoms with Gasteiger partial charge in [-0.2, -0.15) is 0 Å². The maximum atomic E-state index is 2.33. The van der Waals surface area contributed by atoms with Crippen LogP contribution in [0.15, 0.2) is 78.9 Å². The second kappa shape index (κ2) is 8.85. The average Bonchev–Trinajstić information content (AvgIpc) is 2.62. The molecule has 3 aromatic rings. The van der Waals surface area contributed by atoms with E-state index in [1.807, 2.05) is 0 Å². The van der Waals surface area contributed by atoms with E-state index in [2.05, 4.69) is 122 Å². The molecule has 0 N–H and O–H groups in total. The monoisotopic (exact) mass is 359 g/mol. The molecule has 0 saturated heterocycles. The van der Waals surface area contributed by atoms with Gasteiger partial charge >= 0.3 is 0 Å². The normalized spacial score (nSPS) is 11.2. The summed E-state index contributed by atoms with van der Waals surface area (Å²) in [5.41, 5.74) is 6.15. The van der Waals surface area contributed by atoms with Gasteiger partial charge < -0.3 is 14.7 Å². The zero-order chi connectivity index (χ0) is 19.2. The second-order valence-corrected chi connectivity index (χ2v) is 7.49. The highest BCUT2D eigenvalue weighted by Crippen LogP contribution is 2.35. The molecular formula is C24H29N3. The Balaban J connectivity index is 2.05. The summed E-state index contributed by atoms with van der Waals surface area (Å²) in [6.45, 7) is 1.86. The minimum atomic E-state index is 0.928. The number of para-hydroxylation sites is 1. The lowest BCUT2D eigenvalue weighted by atomic mass is 10.1. The number of hydrogen-bond donors (Lipinski definition) is 0. The highest BCUT2D eigenvalue weighted by Gasteiger charge is 2.13. The summed E-state index contributed by atoms with van der Waals surface area (Å²) in [6, 6.07) is 28.2. The van der Waals surface area contributed by atoms with Crippen LogP contribution < -0.4 is 4.90 Å². The van der Waals surface area contributed by atoms with Crippen LogP contribution in [-0.4, -0.2) is 38.0 Å². The first-order chi connectivity index (χ1) is 13.0. The fraction of sp³-hybridized carbons (Fsp3) is 0.250. The summed E-state index contributed by atoms with van der Waals surface area (Å²) in [5.74, 6) is 0. The standard InChI is InChI=1S/C24H29N3/c1-25(2)18-20-10-8-14-23(16-20)27(22-12-6-5-7-13-22)24-15-9-11-21(17-24)19-26(3)4/h5-17H,18-19H2,1-4H3. The summed E-state index contributed by atoms with van der Waals surface area (Å²) in [6.07, 6.45) is 0. The minimum Gasteiger partial charge on any atom is -0.310 e. The van der Waals surface area contributed by atoms with E-state index in [4.69, 9.17) is 0 Å². The molecule has 0 atom stereocenters. The molecular weight excluding hydrogens is 330 g/mol. The van der Waals surface area contributed by atoms with Crippen LogP contribution in [0.3, 0.4) is 0 Å². The maximum absolute atomic E-state index is 2.33. The van der Waals surface area contributed by atoms with E-state index in [0.29, 0.717) is 0 Å². The van der Waals surface area contributed by atoms with Crippen molar-refractivity contribution in [2.75, 3.05) is 33.1 Å². The Morgan fingerprint density at radius 1 is 0.519 bits per heavy atom. The lowest BCUT2D eigenvalue weighted by molar-refractivity contribution is 0.402. The molecule has 0 bridgehead atoms. The first kappa shape index (κ1) is 19.2. The molecule has 0 aliphatic rings. The van der Waals surface area contributed by atoms with Crippen molar-refractivity contribution in [1.82, 2.24) is 9.80 Å². The number of hydrogen-bond acceptors (Lipinski definition) is 3. The highest BCUT2D eigenvalue weighted by molar-refractivity contribution is 5.76. The van der Waals surface area contributed by atoms with E-state index in [0.717, 1.165) is 13.1 Å². The third-order valence-electron chi connectivity index (χ3n) is 4.35. The van der Waals surface area contributed by atoms with Gasteiger partial charge in [-0.05, 0) is 75.7 Å². The van der Waals surface area contributed by atoms with E-state index < -0.39 is 0 Å². The highest BCUT2D eigenvalue weighted by atomic mass is 15.1. The minimum absolute atomic E-state index is 0.928. The Bertz CT molecular complexity index is 803. The summed E-state index contributed by atoms with van der Waals surface area (Å²) < 4.78 is 0. The van der Waals surface area contributed by atoms with Crippen molar-refractivity contribution in [2.24, 2.45) is 0 Å². The smallest absolute Gasteiger partial charge is 0.0464 e. The Kier molecular flexibility index (Phi) is 6.28. The van der Waals surface area contributed by atoms with Crippen LogP contribution in [0.4, 0.5) is 17.1 Å². The molecule has 0 radical (unpaired) electrons. The molecule has 0 saturated carbocycles. The lowest BCUT2D eigenvalue weighted by Gasteiger charge is -2.27. The molecule has 27 heavy (non-hydrogen) atoms. The zero-order valence-corrected chi connectivity index (χ0v) is 16.8. The SMILES string of the molecule is CN(C)Cc1cccc(N(c2ccccc2)c2cccc(CN(C)C)c2)c1. The second-order valence-electron chi connectivity index (χ2n) is 7.49. The van der Waals surface area contributed by atoms with E-state index in [-0.39, 0.29) is 0 Å². The number of nitrogens with zero attached hydrogens (tertiary/aromatic N) is 3. The number of rotatable bonds is 7. The van der Waals surface area contributed by atoms with Gasteiger partial charge in [0.2, 0.25) is 0 Å². The van der Waals surface area contributed by atoms with Crippen molar-refractivity contribution in [1.29, 1.82) is 0 Å². The van der Waals surface area contributed by atoms with Crippen molar-refractivity contribution in [3.05, 3.63) is 90.0 Å². The molecule has 3 heteroatoms. The van der Waals surface area contributed by atoms with Gasteiger partial charge in [-0.25, -0.2) is 0 Å². The van der Waals surface area contributed by atoms with E-state index in [9.17, 15) is 0 Å². The Morgan fingerprint density at radius 3 is 1.41 bits per heavy atom. The van der Waals surface area contributed by atoms with E-state index in [1.54, 1.807) is 0 Å². The van der Waals surface area contributed by atoms with Gasteiger partial charge in [0.25, 0.3) is 0 Å². The quantitative estimate of drug-likeness (QED) is 0.568.